The van der Waals surface area contributed by atoms with Gasteiger partial charge in [-0.1, -0.05) is 0 Å². The fourth-order valence-electron chi connectivity index (χ4n) is 0. The van der Waals surface area contributed by atoms with Gasteiger partial charge in [-0.3, -0.25) is 4.57 Å². The Kier molecular flexibility index (Phi) is 12.5. The largest absolute Gasteiger partial charge is 0.337 e. The summed E-state index contributed by atoms with van der Waals surface area (Å²) in [5.41, 5.74) is 4.15. The zero-order valence-corrected chi connectivity index (χ0v) is 4.33. The molecule has 0 fully saturated rings. The van der Waals surface area contributed by atoms with Gasteiger partial charge in [-0.05, 0) is 0 Å². The lowest BCUT2D eigenvalue weighted by Gasteiger charge is -1.61. The SMILES string of the molecule is N#CN.O=[PH](O)O. The van der Waals surface area contributed by atoms with E-state index in [1.807, 2.05) is 0 Å². The molecular weight excluding hydrogens is 119 g/mol. The summed E-state index contributed by atoms with van der Waals surface area (Å²) >= 11 is 0. The highest BCUT2D eigenvalue weighted by Gasteiger charge is 1.61. The molecule has 0 spiro atoms. The summed E-state index contributed by atoms with van der Waals surface area (Å²) in [7, 11) is -3.13. The summed E-state index contributed by atoms with van der Waals surface area (Å²) in [6.45, 7) is 0. The van der Waals surface area contributed by atoms with Crippen molar-refractivity contribution < 1.29 is 14.4 Å². The molecule has 0 heterocycles. The van der Waals surface area contributed by atoms with Crippen molar-refractivity contribution in [1.29, 1.82) is 5.26 Å². The van der Waals surface area contributed by atoms with Crippen molar-refractivity contribution >= 4 is 8.25 Å². The Hall–Kier alpha value is -0.560. The average Bonchev–Trinajstić information content (AvgIpc) is 1.33. The van der Waals surface area contributed by atoms with Gasteiger partial charge in [-0.2, -0.15) is 5.26 Å². The van der Waals surface area contributed by atoms with Crippen molar-refractivity contribution in [1.82, 2.24) is 0 Å². The van der Waals surface area contributed by atoms with Gasteiger partial charge in [0, 0.05) is 0 Å². The third-order valence-electron chi connectivity index (χ3n) is 0. The van der Waals surface area contributed by atoms with Crippen molar-refractivity contribution in [3.63, 3.8) is 0 Å². The summed E-state index contributed by atoms with van der Waals surface area (Å²) in [5.74, 6) is 0. The molecule has 0 saturated carbocycles. The van der Waals surface area contributed by atoms with Crippen LogP contribution >= 0.6 is 8.25 Å². The molecule has 5 nitrogen and oxygen atoms in total. The van der Waals surface area contributed by atoms with Gasteiger partial charge in [0.15, 0.2) is 6.19 Å². The van der Waals surface area contributed by atoms with Crippen LogP contribution in [0.25, 0.3) is 0 Å². The van der Waals surface area contributed by atoms with Crippen LogP contribution in [0.15, 0.2) is 0 Å². The molecule has 0 aromatic heterocycles. The van der Waals surface area contributed by atoms with Gasteiger partial charge in [-0.25, -0.2) is 0 Å². The van der Waals surface area contributed by atoms with E-state index in [1.165, 1.54) is 6.19 Å². The molecule has 0 aromatic carbocycles. The van der Waals surface area contributed by atoms with E-state index in [1.54, 1.807) is 0 Å². The second-order valence-corrected chi connectivity index (χ2v) is 0.977. The summed E-state index contributed by atoms with van der Waals surface area (Å²) in [5, 5.41) is 7.10. The maximum absolute atomic E-state index is 8.74. The van der Waals surface area contributed by atoms with Crippen LogP contribution in [0.2, 0.25) is 0 Å². The fraction of sp³-hybridized carbons (Fsp3) is 0. The first kappa shape index (κ1) is 9.67. The molecule has 0 amide bonds. The van der Waals surface area contributed by atoms with Crippen molar-refractivity contribution in [3.8, 4) is 6.19 Å². The molecular formula is CH5N2O3P. The van der Waals surface area contributed by atoms with Crippen LogP contribution in [0.1, 0.15) is 0 Å². The topological polar surface area (TPSA) is 107 Å². The summed E-state index contributed by atoms with van der Waals surface area (Å²) < 4.78 is 8.74. The zero-order valence-electron chi connectivity index (χ0n) is 3.33. The molecule has 0 aliphatic carbocycles. The average molecular weight is 124 g/mol. The summed E-state index contributed by atoms with van der Waals surface area (Å²) in [4.78, 5) is 14.3. The molecule has 0 rings (SSSR count). The van der Waals surface area contributed by atoms with Crippen LogP contribution < -0.4 is 5.73 Å². The summed E-state index contributed by atoms with van der Waals surface area (Å²) in [6.07, 6.45) is 1.25. The normalized spacial score (nSPS) is 6.00. The highest BCUT2D eigenvalue weighted by atomic mass is 31.1. The molecule has 0 aliphatic rings. The molecule has 4 N–H and O–H groups in total. The first-order chi connectivity index (χ1) is 3.15. The van der Waals surface area contributed by atoms with E-state index in [2.05, 4.69) is 5.73 Å². The Morgan fingerprint density at radius 2 is 1.71 bits per heavy atom. The Morgan fingerprint density at radius 1 is 1.71 bits per heavy atom. The van der Waals surface area contributed by atoms with Gasteiger partial charge in [0.25, 0.3) is 0 Å². The first-order valence-corrected chi connectivity index (χ1v) is 2.47. The van der Waals surface area contributed by atoms with Crippen LogP contribution in [0.5, 0.6) is 0 Å². The lowest BCUT2D eigenvalue weighted by molar-refractivity contribution is 0.405. The fourth-order valence-corrected chi connectivity index (χ4v) is 0. The molecule has 0 atom stereocenters. The third kappa shape index (κ3) is 205. The molecule has 0 unspecified atom stereocenters. The van der Waals surface area contributed by atoms with Crippen LogP contribution in [0.3, 0.4) is 0 Å². The molecule has 0 aromatic rings. The van der Waals surface area contributed by atoms with Gasteiger partial charge in [0.2, 0.25) is 0 Å². The predicted molar refractivity (Wildman–Crippen MR) is 23.2 cm³/mol. The minimum absolute atomic E-state index is 1.25. The van der Waals surface area contributed by atoms with Crippen LogP contribution in [-0.4, -0.2) is 9.79 Å². The van der Waals surface area contributed by atoms with Crippen molar-refractivity contribution in [2.45, 2.75) is 0 Å². The van der Waals surface area contributed by atoms with Crippen molar-refractivity contribution in [3.05, 3.63) is 0 Å². The summed E-state index contributed by atoms with van der Waals surface area (Å²) in [6, 6.07) is 0. The highest BCUT2D eigenvalue weighted by Crippen LogP contribution is 1.98. The number of rotatable bonds is 0. The third-order valence-corrected chi connectivity index (χ3v) is 0. The second kappa shape index (κ2) is 9.06. The van der Waals surface area contributed by atoms with Gasteiger partial charge in [0.05, 0.1) is 0 Å². The Morgan fingerprint density at radius 3 is 1.71 bits per heavy atom. The molecule has 42 valence electrons. The number of nitrogens with zero attached hydrogens (tertiary/aromatic N) is 1. The monoisotopic (exact) mass is 124 g/mol. The Bertz CT molecular complexity index is 81.4. The van der Waals surface area contributed by atoms with E-state index in [9.17, 15) is 0 Å². The molecule has 7 heavy (non-hydrogen) atoms. The molecule has 0 radical (unpaired) electrons. The van der Waals surface area contributed by atoms with Gasteiger partial charge in [-0.15, -0.1) is 0 Å². The number of hydrogen-bond donors (Lipinski definition) is 3. The minimum atomic E-state index is -3.13. The first-order valence-electron chi connectivity index (χ1n) is 1.16. The number of nitrogens with two attached hydrogens (primary N) is 1. The van der Waals surface area contributed by atoms with Gasteiger partial charge >= 0.3 is 8.25 Å². The Labute approximate surface area is 40.9 Å². The van der Waals surface area contributed by atoms with E-state index in [0.29, 0.717) is 0 Å². The lowest BCUT2D eigenvalue weighted by Crippen LogP contribution is -1.69. The van der Waals surface area contributed by atoms with E-state index in [4.69, 9.17) is 19.6 Å². The molecule has 0 aliphatic heterocycles. The van der Waals surface area contributed by atoms with Crippen molar-refractivity contribution in [2.24, 2.45) is 5.73 Å². The lowest BCUT2D eigenvalue weighted by atomic mass is 11.5. The zero-order chi connectivity index (χ0) is 6.28. The smallest absolute Gasteiger partial charge is 0.314 e. The molecule has 6 heteroatoms. The van der Waals surface area contributed by atoms with E-state index < -0.39 is 8.25 Å². The van der Waals surface area contributed by atoms with Crippen molar-refractivity contribution in [2.75, 3.05) is 0 Å². The second-order valence-electron chi connectivity index (χ2n) is 0.412. The molecule has 0 bridgehead atoms. The van der Waals surface area contributed by atoms with Gasteiger partial charge < -0.3 is 15.5 Å². The highest BCUT2D eigenvalue weighted by molar-refractivity contribution is 7.30. The van der Waals surface area contributed by atoms with Gasteiger partial charge in [0.1, 0.15) is 0 Å². The number of nitriles is 1. The van der Waals surface area contributed by atoms with Crippen LogP contribution in [-0.2, 0) is 4.57 Å². The quantitative estimate of drug-likeness (QED) is 0.213. The van der Waals surface area contributed by atoms with Crippen LogP contribution in [0.4, 0.5) is 0 Å². The van der Waals surface area contributed by atoms with E-state index in [0.717, 1.165) is 0 Å². The standard InChI is InChI=1S/CH2N2.H3O3P/c2-1-3;1-4(2)3/h2H2;4H,(H2,1,2,3). The number of hydrogen-bond acceptors (Lipinski definition) is 3. The van der Waals surface area contributed by atoms with Crippen LogP contribution in [0, 0.1) is 11.5 Å². The predicted octanol–water partition coefficient (Wildman–Crippen LogP) is -1.21. The minimum Gasteiger partial charge on any atom is -0.337 e. The molecule has 0 saturated heterocycles. The van der Waals surface area contributed by atoms with E-state index >= 15 is 0 Å². The van der Waals surface area contributed by atoms with E-state index in [-0.39, 0.29) is 0 Å². The Balaban J connectivity index is 0. The maximum atomic E-state index is 8.74. The maximum Gasteiger partial charge on any atom is 0.314 e.